The molecule has 2 saturated carbocycles. The standard InChI is InChI=1S/C18H21N3O/c1-10-5-3-4-6-13(10)14-9-15(14)18(22)19-17-11(2)16(20-21-17)12-7-8-12/h3-6,12,14-15H,7-9H2,1-2H3,(H2,19,20,21,22)/t14-,15+/m0/s1. The molecule has 4 heteroatoms. The Labute approximate surface area is 130 Å². The van der Waals surface area contributed by atoms with Crippen LogP contribution in [0, 0.1) is 19.8 Å². The van der Waals surface area contributed by atoms with Crippen molar-refractivity contribution in [3.05, 3.63) is 46.6 Å². The maximum atomic E-state index is 12.5. The molecule has 2 fully saturated rings. The number of rotatable bonds is 4. The second-order valence-electron chi connectivity index (χ2n) is 6.68. The first-order valence-electron chi connectivity index (χ1n) is 8.06. The predicted octanol–water partition coefficient (Wildman–Crippen LogP) is 3.65. The molecule has 0 unspecified atom stereocenters. The molecule has 114 valence electrons. The van der Waals surface area contributed by atoms with E-state index in [9.17, 15) is 4.79 Å². The van der Waals surface area contributed by atoms with Crippen molar-refractivity contribution < 1.29 is 4.79 Å². The highest BCUT2D eigenvalue weighted by molar-refractivity contribution is 5.95. The zero-order valence-corrected chi connectivity index (χ0v) is 13.0. The number of aromatic nitrogens is 2. The molecule has 2 aliphatic carbocycles. The lowest BCUT2D eigenvalue weighted by molar-refractivity contribution is -0.117. The largest absolute Gasteiger partial charge is 0.309 e. The van der Waals surface area contributed by atoms with Gasteiger partial charge in [0.05, 0.1) is 0 Å². The van der Waals surface area contributed by atoms with E-state index in [1.165, 1.54) is 29.7 Å². The van der Waals surface area contributed by atoms with Gasteiger partial charge in [0.25, 0.3) is 0 Å². The van der Waals surface area contributed by atoms with Gasteiger partial charge in [0.15, 0.2) is 5.82 Å². The number of anilines is 1. The fourth-order valence-corrected chi connectivity index (χ4v) is 3.34. The highest BCUT2D eigenvalue weighted by Gasteiger charge is 2.44. The molecular formula is C18H21N3O. The Morgan fingerprint density at radius 2 is 2.05 bits per heavy atom. The van der Waals surface area contributed by atoms with E-state index in [-0.39, 0.29) is 11.8 Å². The Bertz CT molecular complexity index is 730. The third kappa shape index (κ3) is 2.32. The molecule has 0 aliphatic heterocycles. The summed E-state index contributed by atoms with van der Waals surface area (Å²) in [5.41, 5.74) is 4.88. The molecule has 2 aliphatic rings. The first-order chi connectivity index (χ1) is 10.6. The molecule has 0 radical (unpaired) electrons. The number of carbonyl (C=O) groups excluding carboxylic acids is 1. The van der Waals surface area contributed by atoms with Gasteiger partial charge in [-0.2, -0.15) is 5.10 Å². The number of aromatic amines is 1. The van der Waals surface area contributed by atoms with Gasteiger partial charge in [-0.3, -0.25) is 9.89 Å². The van der Waals surface area contributed by atoms with Crippen LogP contribution in [0.25, 0.3) is 0 Å². The lowest BCUT2D eigenvalue weighted by atomic mass is 10.0. The van der Waals surface area contributed by atoms with Crippen LogP contribution in [0.5, 0.6) is 0 Å². The molecular weight excluding hydrogens is 274 g/mol. The van der Waals surface area contributed by atoms with Gasteiger partial charge in [0, 0.05) is 23.1 Å². The number of hydrogen-bond donors (Lipinski definition) is 2. The van der Waals surface area contributed by atoms with Gasteiger partial charge in [-0.25, -0.2) is 0 Å². The molecule has 1 heterocycles. The number of nitrogens with zero attached hydrogens (tertiary/aromatic N) is 1. The molecule has 1 aromatic carbocycles. The Balaban J connectivity index is 1.45. The highest BCUT2D eigenvalue weighted by Crippen LogP contribution is 2.49. The zero-order valence-electron chi connectivity index (χ0n) is 13.0. The molecule has 0 saturated heterocycles. The Morgan fingerprint density at radius 3 is 2.77 bits per heavy atom. The average Bonchev–Trinajstić information content (AvgIpc) is 3.41. The molecule has 0 bridgehead atoms. The van der Waals surface area contributed by atoms with E-state index >= 15 is 0 Å². The topological polar surface area (TPSA) is 57.8 Å². The number of H-pyrrole nitrogens is 1. The predicted molar refractivity (Wildman–Crippen MR) is 86.0 cm³/mol. The van der Waals surface area contributed by atoms with Crippen molar-refractivity contribution in [2.24, 2.45) is 5.92 Å². The SMILES string of the molecule is Cc1ccccc1[C@@H]1C[C@H]1C(=O)Nc1n[nH]c(C2CC2)c1C. The van der Waals surface area contributed by atoms with Crippen LogP contribution in [0.2, 0.25) is 0 Å². The van der Waals surface area contributed by atoms with Gasteiger partial charge >= 0.3 is 0 Å². The summed E-state index contributed by atoms with van der Waals surface area (Å²) in [7, 11) is 0. The molecule has 1 amide bonds. The van der Waals surface area contributed by atoms with Crippen LogP contribution in [-0.2, 0) is 4.79 Å². The van der Waals surface area contributed by atoms with Gasteiger partial charge in [0.1, 0.15) is 0 Å². The van der Waals surface area contributed by atoms with E-state index in [1.54, 1.807) is 0 Å². The van der Waals surface area contributed by atoms with E-state index < -0.39 is 0 Å². The number of hydrogen-bond acceptors (Lipinski definition) is 2. The summed E-state index contributed by atoms with van der Waals surface area (Å²) in [6, 6.07) is 8.35. The number of amides is 1. The maximum absolute atomic E-state index is 12.5. The molecule has 4 nitrogen and oxygen atoms in total. The van der Waals surface area contributed by atoms with E-state index in [1.807, 2.05) is 13.0 Å². The smallest absolute Gasteiger partial charge is 0.229 e. The number of carbonyl (C=O) groups is 1. The first kappa shape index (κ1) is 13.6. The van der Waals surface area contributed by atoms with Gasteiger partial charge in [-0.15, -0.1) is 0 Å². The van der Waals surface area contributed by atoms with Crippen molar-refractivity contribution in [1.82, 2.24) is 10.2 Å². The molecule has 1 aromatic heterocycles. The number of benzene rings is 1. The van der Waals surface area contributed by atoms with Crippen molar-refractivity contribution in [3.8, 4) is 0 Å². The third-order valence-corrected chi connectivity index (χ3v) is 4.99. The lowest BCUT2D eigenvalue weighted by Gasteiger charge is -2.05. The summed E-state index contributed by atoms with van der Waals surface area (Å²) in [4.78, 5) is 12.5. The minimum Gasteiger partial charge on any atom is -0.309 e. The van der Waals surface area contributed by atoms with Crippen molar-refractivity contribution in [2.45, 2.75) is 44.9 Å². The van der Waals surface area contributed by atoms with E-state index in [2.05, 4.69) is 40.6 Å². The summed E-state index contributed by atoms with van der Waals surface area (Å²) in [6.07, 6.45) is 3.40. The van der Waals surface area contributed by atoms with Crippen LogP contribution in [0.4, 0.5) is 5.82 Å². The summed E-state index contributed by atoms with van der Waals surface area (Å²) < 4.78 is 0. The fraction of sp³-hybridized carbons (Fsp3) is 0.444. The van der Waals surface area contributed by atoms with Crippen LogP contribution in [-0.4, -0.2) is 16.1 Å². The quantitative estimate of drug-likeness (QED) is 0.904. The van der Waals surface area contributed by atoms with Crippen molar-refractivity contribution in [3.63, 3.8) is 0 Å². The second kappa shape index (κ2) is 4.97. The third-order valence-electron chi connectivity index (χ3n) is 4.99. The van der Waals surface area contributed by atoms with Crippen LogP contribution in [0.1, 0.15) is 53.5 Å². The summed E-state index contributed by atoms with van der Waals surface area (Å²) in [6.45, 7) is 4.15. The summed E-state index contributed by atoms with van der Waals surface area (Å²) in [5.74, 6) is 1.89. The second-order valence-corrected chi connectivity index (χ2v) is 6.68. The maximum Gasteiger partial charge on any atom is 0.229 e. The van der Waals surface area contributed by atoms with Crippen molar-refractivity contribution in [1.29, 1.82) is 0 Å². The molecule has 4 rings (SSSR count). The molecule has 2 atom stereocenters. The first-order valence-corrected chi connectivity index (χ1v) is 8.06. The van der Waals surface area contributed by atoms with E-state index in [4.69, 9.17) is 0 Å². The van der Waals surface area contributed by atoms with Gasteiger partial charge in [-0.05, 0) is 50.2 Å². The Kier molecular flexibility index (Phi) is 3.06. The van der Waals surface area contributed by atoms with Crippen LogP contribution >= 0.6 is 0 Å². The Morgan fingerprint density at radius 1 is 1.27 bits per heavy atom. The number of aryl methyl sites for hydroxylation is 1. The molecule has 2 aromatic rings. The number of nitrogens with one attached hydrogen (secondary N) is 2. The van der Waals surface area contributed by atoms with Crippen LogP contribution in [0.3, 0.4) is 0 Å². The highest BCUT2D eigenvalue weighted by atomic mass is 16.2. The molecule has 2 N–H and O–H groups in total. The normalized spacial score (nSPS) is 23.4. The zero-order chi connectivity index (χ0) is 15.3. The lowest BCUT2D eigenvalue weighted by Crippen LogP contribution is -2.15. The van der Waals surface area contributed by atoms with Crippen molar-refractivity contribution >= 4 is 11.7 Å². The van der Waals surface area contributed by atoms with Crippen LogP contribution in [0.15, 0.2) is 24.3 Å². The monoisotopic (exact) mass is 295 g/mol. The van der Waals surface area contributed by atoms with E-state index in [0.717, 1.165) is 12.0 Å². The van der Waals surface area contributed by atoms with Gasteiger partial charge in [-0.1, -0.05) is 24.3 Å². The summed E-state index contributed by atoms with van der Waals surface area (Å²) >= 11 is 0. The minimum absolute atomic E-state index is 0.0848. The molecule has 0 spiro atoms. The summed E-state index contributed by atoms with van der Waals surface area (Å²) in [5, 5.41) is 10.4. The van der Waals surface area contributed by atoms with E-state index in [0.29, 0.717) is 17.7 Å². The van der Waals surface area contributed by atoms with Crippen LogP contribution < -0.4 is 5.32 Å². The van der Waals surface area contributed by atoms with Gasteiger partial charge in [0.2, 0.25) is 5.91 Å². The average molecular weight is 295 g/mol. The minimum atomic E-state index is 0.0848. The molecule has 22 heavy (non-hydrogen) atoms. The van der Waals surface area contributed by atoms with Gasteiger partial charge < -0.3 is 5.32 Å². The fourth-order valence-electron chi connectivity index (χ4n) is 3.34. The van der Waals surface area contributed by atoms with Crippen molar-refractivity contribution in [2.75, 3.05) is 5.32 Å². The Hall–Kier alpha value is -2.10.